The highest BCUT2D eigenvalue weighted by molar-refractivity contribution is 7.92. The SMILES string of the molecule is Cc1nc(NS(=O)(=O)c2cccc(C(F)(F)F)c2C)n[nH]1. The molecule has 0 spiro atoms. The Morgan fingerprint density at radius 3 is 2.43 bits per heavy atom. The average molecular weight is 320 g/mol. The number of rotatable bonds is 3. The lowest BCUT2D eigenvalue weighted by atomic mass is 10.1. The second-order valence-electron chi connectivity index (χ2n) is 4.28. The highest BCUT2D eigenvalue weighted by atomic mass is 32.2. The molecule has 1 aromatic carbocycles. The van der Waals surface area contributed by atoms with Gasteiger partial charge >= 0.3 is 6.18 Å². The zero-order valence-corrected chi connectivity index (χ0v) is 11.8. The predicted molar refractivity (Wildman–Crippen MR) is 68.1 cm³/mol. The van der Waals surface area contributed by atoms with Crippen molar-refractivity contribution < 1.29 is 21.6 Å². The number of nitrogens with one attached hydrogen (secondary N) is 2. The van der Waals surface area contributed by atoms with E-state index in [0.29, 0.717) is 5.82 Å². The summed E-state index contributed by atoms with van der Waals surface area (Å²) in [4.78, 5) is 3.27. The first kappa shape index (κ1) is 15.3. The number of aryl methyl sites for hydroxylation is 1. The van der Waals surface area contributed by atoms with Crippen LogP contribution in [0.3, 0.4) is 0 Å². The summed E-state index contributed by atoms with van der Waals surface area (Å²) in [6.07, 6.45) is -4.63. The maximum atomic E-state index is 12.8. The topological polar surface area (TPSA) is 87.7 Å². The van der Waals surface area contributed by atoms with E-state index in [1.165, 1.54) is 0 Å². The van der Waals surface area contributed by atoms with Gasteiger partial charge in [-0.1, -0.05) is 6.07 Å². The Balaban J connectivity index is 2.46. The molecule has 114 valence electrons. The Bertz CT molecular complexity index is 768. The Morgan fingerprint density at radius 2 is 1.90 bits per heavy atom. The minimum atomic E-state index is -4.63. The van der Waals surface area contributed by atoms with Crippen molar-refractivity contribution in [1.82, 2.24) is 15.2 Å². The Hall–Kier alpha value is -2.10. The van der Waals surface area contributed by atoms with E-state index < -0.39 is 26.7 Å². The van der Waals surface area contributed by atoms with Gasteiger partial charge in [0.15, 0.2) is 0 Å². The molecule has 6 nitrogen and oxygen atoms in total. The number of benzene rings is 1. The molecule has 0 saturated heterocycles. The summed E-state index contributed by atoms with van der Waals surface area (Å²) >= 11 is 0. The highest BCUT2D eigenvalue weighted by Gasteiger charge is 2.34. The number of nitrogens with zero attached hydrogens (tertiary/aromatic N) is 2. The fourth-order valence-corrected chi connectivity index (χ4v) is 2.99. The molecule has 2 aromatic rings. The van der Waals surface area contributed by atoms with Crippen LogP contribution in [0.15, 0.2) is 23.1 Å². The molecular formula is C11H11F3N4O2S. The molecule has 2 N–H and O–H groups in total. The van der Waals surface area contributed by atoms with E-state index in [2.05, 4.69) is 15.2 Å². The van der Waals surface area contributed by atoms with E-state index in [1.54, 1.807) is 6.92 Å². The number of H-pyrrole nitrogens is 1. The van der Waals surface area contributed by atoms with Gasteiger partial charge < -0.3 is 0 Å². The largest absolute Gasteiger partial charge is 0.416 e. The van der Waals surface area contributed by atoms with Crippen molar-refractivity contribution in [2.75, 3.05) is 4.72 Å². The third kappa shape index (κ3) is 3.15. The number of halogens is 3. The minimum absolute atomic E-state index is 0.232. The lowest BCUT2D eigenvalue weighted by molar-refractivity contribution is -0.138. The third-order valence-corrected chi connectivity index (χ3v) is 4.17. The van der Waals surface area contributed by atoms with Crippen LogP contribution in [-0.4, -0.2) is 23.6 Å². The van der Waals surface area contributed by atoms with Crippen LogP contribution in [0.2, 0.25) is 0 Å². The van der Waals surface area contributed by atoms with Crippen LogP contribution >= 0.6 is 0 Å². The van der Waals surface area contributed by atoms with Gasteiger partial charge in [-0.25, -0.2) is 13.1 Å². The molecule has 0 atom stereocenters. The van der Waals surface area contributed by atoms with Crippen molar-refractivity contribution in [3.8, 4) is 0 Å². The van der Waals surface area contributed by atoms with Crippen LogP contribution < -0.4 is 4.72 Å². The summed E-state index contributed by atoms with van der Waals surface area (Å²) in [5.74, 6) is 0.137. The lowest BCUT2D eigenvalue weighted by Crippen LogP contribution is -2.17. The van der Waals surface area contributed by atoms with Gasteiger partial charge in [0, 0.05) is 0 Å². The highest BCUT2D eigenvalue weighted by Crippen LogP contribution is 2.34. The van der Waals surface area contributed by atoms with Crippen molar-refractivity contribution in [2.24, 2.45) is 0 Å². The summed E-state index contributed by atoms with van der Waals surface area (Å²) in [6.45, 7) is 2.65. The van der Waals surface area contributed by atoms with E-state index in [0.717, 1.165) is 25.1 Å². The maximum Gasteiger partial charge on any atom is 0.416 e. The molecule has 0 unspecified atom stereocenters. The second-order valence-corrected chi connectivity index (χ2v) is 5.93. The molecule has 1 heterocycles. The quantitative estimate of drug-likeness (QED) is 0.908. The summed E-state index contributed by atoms with van der Waals surface area (Å²) in [5.41, 5.74) is -1.39. The maximum absolute atomic E-state index is 12.8. The van der Waals surface area contributed by atoms with Crippen molar-refractivity contribution >= 4 is 16.0 Å². The van der Waals surface area contributed by atoms with Crippen LogP contribution in [-0.2, 0) is 16.2 Å². The van der Waals surface area contributed by atoms with Gasteiger partial charge in [-0.05, 0) is 31.5 Å². The van der Waals surface area contributed by atoms with Crippen molar-refractivity contribution in [3.05, 3.63) is 35.2 Å². The molecule has 0 aliphatic rings. The number of anilines is 1. The first-order valence-corrected chi connectivity index (χ1v) is 7.18. The van der Waals surface area contributed by atoms with Gasteiger partial charge in [-0.2, -0.15) is 18.2 Å². The standard InChI is InChI=1S/C11H11F3N4O2S/c1-6-8(11(12,13)14)4-3-5-9(6)21(19,20)18-10-15-7(2)16-17-10/h3-5H,1-2H3,(H2,15,16,17,18). The molecule has 10 heteroatoms. The number of aromatic nitrogens is 3. The van der Waals surface area contributed by atoms with E-state index >= 15 is 0 Å². The minimum Gasteiger partial charge on any atom is -0.261 e. The molecule has 0 amide bonds. The fourth-order valence-electron chi connectivity index (χ4n) is 1.78. The van der Waals surface area contributed by atoms with Gasteiger partial charge in [-0.3, -0.25) is 5.10 Å². The van der Waals surface area contributed by atoms with Crippen LogP contribution in [0.1, 0.15) is 17.0 Å². The molecule has 21 heavy (non-hydrogen) atoms. The van der Waals surface area contributed by atoms with Gasteiger partial charge in [0.1, 0.15) is 5.82 Å². The molecular weight excluding hydrogens is 309 g/mol. The lowest BCUT2D eigenvalue weighted by Gasteiger charge is -2.14. The molecule has 0 bridgehead atoms. The van der Waals surface area contributed by atoms with Crippen LogP contribution in [0.25, 0.3) is 0 Å². The molecule has 0 aliphatic carbocycles. The van der Waals surface area contributed by atoms with Crippen LogP contribution in [0, 0.1) is 13.8 Å². The predicted octanol–water partition coefficient (Wildman–Crippen LogP) is 2.24. The smallest absolute Gasteiger partial charge is 0.261 e. The van der Waals surface area contributed by atoms with Gasteiger partial charge in [0.2, 0.25) is 0 Å². The molecule has 0 radical (unpaired) electrons. The van der Waals surface area contributed by atoms with E-state index in [4.69, 9.17) is 0 Å². The number of sulfonamides is 1. The summed E-state index contributed by atoms with van der Waals surface area (Å²) in [6, 6.07) is 2.95. The van der Waals surface area contributed by atoms with E-state index in [-0.39, 0.29) is 11.5 Å². The van der Waals surface area contributed by atoms with Crippen LogP contribution in [0.5, 0.6) is 0 Å². The van der Waals surface area contributed by atoms with E-state index in [1.807, 2.05) is 4.72 Å². The third-order valence-electron chi connectivity index (χ3n) is 2.70. The average Bonchev–Trinajstić information content (AvgIpc) is 2.72. The monoisotopic (exact) mass is 320 g/mol. The fraction of sp³-hybridized carbons (Fsp3) is 0.273. The first-order chi connectivity index (χ1) is 9.61. The van der Waals surface area contributed by atoms with Crippen molar-refractivity contribution in [3.63, 3.8) is 0 Å². The zero-order chi connectivity index (χ0) is 15.8. The van der Waals surface area contributed by atoms with Crippen molar-refractivity contribution in [2.45, 2.75) is 24.9 Å². The number of alkyl halides is 3. The van der Waals surface area contributed by atoms with Gasteiger partial charge in [0.25, 0.3) is 16.0 Å². The second kappa shape index (κ2) is 5.02. The molecule has 0 aliphatic heterocycles. The van der Waals surface area contributed by atoms with Crippen LogP contribution in [0.4, 0.5) is 19.1 Å². The van der Waals surface area contributed by atoms with Gasteiger partial charge in [-0.15, -0.1) is 5.10 Å². The number of hydrogen-bond donors (Lipinski definition) is 2. The Kier molecular flexibility index (Phi) is 3.66. The summed E-state index contributed by atoms with van der Waals surface area (Å²) in [5, 5.41) is 6.00. The molecule has 1 aromatic heterocycles. The Labute approximate surface area is 118 Å². The normalized spacial score (nSPS) is 12.4. The summed E-state index contributed by atoms with van der Waals surface area (Å²) < 4.78 is 64.7. The van der Waals surface area contributed by atoms with Gasteiger partial charge in [0.05, 0.1) is 10.5 Å². The number of aromatic amines is 1. The molecule has 0 saturated carbocycles. The molecule has 2 rings (SSSR count). The summed E-state index contributed by atoms with van der Waals surface area (Å²) in [7, 11) is -4.21. The first-order valence-electron chi connectivity index (χ1n) is 5.70. The van der Waals surface area contributed by atoms with Crippen molar-refractivity contribution in [1.29, 1.82) is 0 Å². The zero-order valence-electron chi connectivity index (χ0n) is 11.0. The van der Waals surface area contributed by atoms with E-state index in [9.17, 15) is 21.6 Å². The number of hydrogen-bond acceptors (Lipinski definition) is 4. The Morgan fingerprint density at radius 1 is 1.24 bits per heavy atom. The molecule has 0 fully saturated rings.